The summed E-state index contributed by atoms with van der Waals surface area (Å²) in [5.41, 5.74) is 5.91. The molecule has 5 nitrogen and oxygen atoms in total. The first-order valence-corrected chi connectivity index (χ1v) is 6.41. The molecule has 1 aromatic heterocycles. The van der Waals surface area contributed by atoms with Crippen LogP contribution in [0.15, 0.2) is 12.3 Å². The number of hydrogen-bond donors (Lipinski definition) is 2. The highest BCUT2D eigenvalue weighted by molar-refractivity contribution is 5.44. The molecule has 1 atom stereocenters. The Bertz CT molecular complexity index is 390. The Morgan fingerprint density at radius 1 is 1.35 bits per heavy atom. The van der Waals surface area contributed by atoms with Gasteiger partial charge in [-0.25, -0.2) is 4.98 Å². The van der Waals surface area contributed by atoms with Gasteiger partial charge in [0, 0.05) is 31.4 Å². The Hall–Kier alpha value is -1.36. The normalized spacial score (nSPS) is 24.8. The first-order chi connectivity index (χ1) is 8.31. The molecule has 17 heavy (non-hydrogen) atoms. The monoisotopic (exact) mass is 233 g/mol. The van der Waals surface area contributed by atoms with Gasteiger partial charge >= 0.3 is 0 Å². The van der Waals surface area contributed by atoms with E-state index >= 15 is 0 Å². The minimum Gasteiger partial charge on any atom is -0.355 e. The number of nitrogens with two attached hydrogens (primary N) is 1. The average molecular weight is 233 g/mol. The van der Waals surface area contributed by atoms with Crippen LogP contribution in [0.3, 0.4) is 0 Å². The molecule has 0 spiro atoms. The molecule has 0 amide bonds. The third-order valence-corrected chi connectivity index (χ3v) is 3.63. The summed E-state index contributed by atoms with van der Waals surface area (Å²) < 4.78 is 0. The van der Waals surface area contributed by atoms with Gasteiger partial charge in [0.2, 0.25) is 5.95 Å². The predicted molar refractivity (Wildman–Crippen MR) is 68.1 cm³/mol. The summed E-state index contributed by atoms with van der Waals surface area (Å²) in [6.45, 7) is 1.90. The van der Waals surface area contributed by atoms with E-state index in [4.69, 9.17) is 5.73 Å². The molecule has 2 heterocycles. The lowest BCUT2D eigenvalue weighted by molar-refractivity contribution is 0.443. The van der Waals surface area contributed by atoms with E-state index in [1.807, 2.05) is 12.3 Å². The molecule has 0 bridgehead atoms. The van der Waals surface area contributed by atoms with Gasteiger partial charge < -0.3 is 16.0 Å². The molecule has 1 aliphatic carbocycles. The van der Waals surface area contributed by atoms with Gasteiger partial charge in [-0.3, -0.25) is 0 Å². The Kier molecular flexibility index (Phi) is 2.84. The molecule has 5 heteroatoms. The van der Waals surface area contributed by atoms with Crippen molar-refractivity contribution in [3.8, 4) is 0 Å². The lowest BCUT2D eigenvalue weighted by Crippen LogP contribution is -2.29. The molecule has 0 aromatic carbocycles. The first kappa shape index (κ1) is 10.8. The van der Waals surface area contributed by atoms with E-state index in [2.05, 4.69) is 20.2 Å². The lowest BCUT2D eigenvalue weighted by atomic mass is 9.93. The number of anilines is 2. The van der Waals surface area contributed by atoms with Gasteiger partial charge in [0.1, 0.15) is 5.82 Å². The van der Waals surface area contributed by atoms with Gasteiger partial charge in [-0.05, 0) is 31.7 Å². The quantitative estimate of drug-likeness (QED) is 0.814. The van der Waals surface area contributed by atoms with E-state index in [1.165, 1.54) is 19.3 Å². The maximum absolute atomic E-state index is 5.91. The molecule has 1 aliphatic heterocycles. The molecule has 2 fully saturated rings. The summed E-state index contributed by atoms with van der Waals surface area (Å²) in [4.78, 5) is 11.1. The second-order valence-corrected chi connectivity index (χ2v) is 5.01. The Balaban J connectivity index is 1.69. The fourth-order valence-corrected chi connectivity index (χ4v) is 2.33. The maximum atomic E-state index is 5.91. The smallest absolute Gasteiger partial charge is 0.224 e. The molecule has 3 N–H and O–H groups in total. The van der Waals surface area contributed by atoms with Crippen LogP contribution in [-0.4, -0.2) is 35.1 Å². The van der Waals surface area contributed by atoms with Crippen molar-refractivity contribution in [2.75, 3.05) is 23.3 Å². The first-order valence-electron chi connectivity index (χ1n) is 6.41. The van der Waals surface area contributed by atoms with Crippen LogP contribution in [0.4, 0.5) is 11.8 Å². The lowest BCUT2D eigenvalue weighted by Gasteiger charge is -2.26. The highest BCUT2D eigenvalue weighted by atomic mass is 15.3. The van der Waals surface area contributed by atoms with Gasteiger partial charge in [-0.1, -0.05) is 0 Å². The van der Waals surface area contributed by atoms with E-state index in [1.54, 1.807) is 0 Å². The number of aromatic nitrogens is 2. The molecular formula is C12H19N5. The van der Waals surface area contributed by atoms with Crippen molar-refractivity contribution < 1.29 is 0 Å². The average Bonchev–Trinajstić information content (AvgIpc) is 2.71. The minimum atomic E-state index is 0.285. The van der Waals surface area contributed by atoms with Crippen LogP contribution >= 0.6 is 0 Å². The van der Waals surface area contributed by atoms with Crippen molar-refractivity contribution in [2.45, 2.75) is 37.8 Å². The standard InChI is InChI=1S/C12H19N5/c13-9-5-7-17(8-9)11-4-6-14-12(16-11)15-10-2-1-3-10/h4,6,9-10H,1-3,5,7-8,13H2,(H,14,15,16)/t9-/m1/s1. The molecule has 2 aliphatic rings. The Morgan fingerprint density at radius 2 is 2.24 bits per heavy atom. The number of nitrogens with one attached hydrogen (secondary N) is 1. The number of nitrogens with zero attached hydrogens (tertiary/aromatic N) is 3. The van der Waals surface area contributed by atoms with Gasteiger partial charge in [0.25, 0.3) is 0 Å². The van der Waals surface area contributed by atoms with Gasteiger partial charge in [-0.2, -0.15) is 4.98 Å². The number of rotatable bonds is 3. The van der Waals surface area contributed by atoms with E-state index < -0.39 is 0 Å². The fraction of sp³-hybridized carbons (Fsp3) is 0.667. The van der Waals surface area contributed by atoms with Crippen molar-refractivity contribution in [2.24, 2.45) is 5.73 Å². The van der Waals surface area contributed by atoms with Crippen LogP contribution in [0.1, 0.15) is 25.7 Å². The third-order valence-electron chi connectivity index (χ3n) is 3.63. The predicted octanol–water partition coefficient (Wildman–Crippen LogP) is 0.978. The molecule has 0 unspecified atom stereocenters. The summed E-state index contributed by atoms with van der Waals surface area (Å²) in [5, 5.41) is 3.37. The van der Waals surface area contributed by atoms with Gasteiger partial charge in [-0.15, -0.1) is 0 Å². The minimum absolute atomic E-state index is 0.285. The van der Waals surface area contributed by atoms with Crippen LogP contribution in [0.2, 0.25) is 0 Å². The van der Waals surface area contributed by atoms with Crippen LogP contribution in [0.25, 0.3) is 0 Å². The molecule has 0 radical (unpaired) electrons. The molecule has 1 saturated heterocycles. The highest BCUT2D eigenvalue weighted by Gasteiger charge is 2.21. The SMILES string of the molecule is N[C@@H]1CCN(c2ccnc(NC3CCC3)n2)C1. The summed E-state index contributed by atoms with van der Waals surface area (Å²) in [5.74, 6) is 1.75. The highest BCUT2D eigenvalue weighted by Crippen LogP contribution is 2.23. The van der Waals surface area contributed by atoms with Gasteiger partial charge in [0.05, 0.1) is 0 Å². The maximum Gasteiger partial charge on any atom is 0.224 e. The molecular weight excluding hydrogens is 214 g/mol. The van der Waals surface area contributed by atoms with Crippen molar-refractivity contribution in [1.82, 2.24) is 9.97 Å². The fourth-order valence-electron chi connectivity index (χ4n) is 2.33. The largest absolute Gasteiger partial charge is 0.355 e. The van der Waals surface area contributed by atoms with Crippen LogP contribution in [0, 0.1) is 0 Å². The zero-order valence-corrected chi connectivity index (χ0v) is 9.97. The van der Waals surface area contributed by atoms with Crippen LogP contribution in [-0.2, 0) is 0 Å². The van der Waals surface area contributed by atoms with E-state index in [9.17, 15) is 0 Å². The number of hydrogen-bond acceptors (Lipinski definition) is 5. The Labute approximate surface area is 101 Å². The topological polar surface area (TPSA) is 67.1 Å². The summed E-state index contributed by atoms with van der Waals surface area (Å²) in [6, 6.07) is 2.82. The molecule has 92 valence electrons. The second-order valence-electron chi connectivity index (χ2n) is 5.01. The van der Waals surface area contributed by atoms with Crippen molar-refractivity contribution >= 4 is 11.8 Å². The molecule has 1 aromatic rings. The Morgan fingerprint density at radius 3 is 2.88 bits per heavy atom. The van der Waals surface area contributed by atoms with Crippen molar-refractivity contribution in [3.05, 3.63) is 12.3 Å². The van der Waals surface area contributed by atoms with E-state index in [0.717, 1.165) is 31.3 Å². The van der Waals surface area contributed by atoms with E-state index in [0.29, 0.717) is 6.04 Å². The summed E-state index contributed by atoms with van der Waals surface area (Å²) in [7, 11) is 0. The third kappa shape index (κ3) is 2.34. The zero-order chi connectivity index (χ0) is 11.7. The van der Waals surface area contributed by atoms with Crippen molar-refractivity contribution in [1.29, 1.82) is 0 Å². The molecule has 1 saturated carbocycles. The summed E-state index contributed by atoms with van der Waals surface area (Å²) >= 11 is 0. The van der Waals surface area contributed by atoms with Gasteiger partial charge in [0.15, 0.2) is 0 Å². The second kappa shape index (κ2) is 4.49. The van der Waals surface area contributed by atoms with Crippen molar-refractivity contribution in [3.63, 3.8) is 0 Å². The van der Waals surface area contributed by atoms with Crippen LogP contribution < -0.4 is 16.0 Å². The van der Waals surface area contributed by atoms with E-state index in [-0.39, 0.29) is 6.04 Å². The summed E-state index contributed by atoms with van der Waals surface area (Å²) in [6.07, 6.45) is 6.67. The van der Waals surface area contributed by atoms with Crippen LogP contribution in [0.5, 0.6) is 0 Å². The zero-order valence-electron chi connectivity index (χ0n) is 9.97. The molecule has 3 rings (SSSR count).